The van der Waals surface area contributed by atoms with Crippen molar-refractivity contribution in [2.75, 3.05) is 19.0 Å². The Bertz CT molecular complexity index is 744. The summed E-state index contributed by atoms with van der Waals surface area (Å²) in [6.07, 6.45) is 0.657. The predicted octanol–water partition coefficient (Wildman–Crippen LogP) is 1.56. The van der Waals surface area contributed by atoms with Gasteiger partial charge in [-0.15, -0.1) is 11.3 Å². The largest absolute Gasteiger partial charge is 0.497 e. The second-order valence-corrected chi connectivity index (χ2v) is 6.53. The molecule has 3 N–H and O–H groups in total. The zero-order chi connectivity index (χ0) is 18.9. The third kappa shape index (κ3) is 5.89. The van der Waals surface area contributed by atoms with E-state index in [0.29, 0.717) is 24.4 Å². The van der Waals surface area contributed by atoms with Crippen LogP contribution in [-0.2, 0) is 20.8 Å². The van der Waals surface area contributed by atoms with E-state index in [-0.39, 0.29) is 0 Å². The molecule has 0 fully saturated rings. The molecule has 1 aromatic heterocycles. The Morgan fingerprint density at radius 2 is 1.85 bits per heavy atom. The summed E-state index contributed by atoms with van der Waals surface area (Å²) in [5, 5.41) is 9.53. The molecule has 3 amide bonds. The first-order chi connectivity index (χ1) is 12.5. The molecule has 0 radical (unpaired) electrons. The number of hydrogen-bond acceptors (Lipinski definition) is 5. The highest BCUT2D eigenvalue weighted by atomic mass is 32.1. The fourth-order valence-corrected chi connectivity index (χ4v) is 2.80. The Hall–Kier alpha value is -2.87. The number of thiophene rings is 1. The van der Waals surface area contributed by atoms with E-state index in [1.165, 1.54) is 6.92 Å². The molecule has 0 saturated heterocycles. The van der Waals surface area contributed by atoms with Gasteiger partial charge < -0.3 is 20.7 Å². The van der Waals surface area contributed by atoms with E-state index < -0.39 is 23.8 Å². The number of nitrogens with one attached hydrogen (secondary N) is 3. The molecule has 1 unspecified atom stereocenters. The van der Waals surface area contributed by atoms with Gasteiger partial charge in [-0.05, 0) is 49.1 Å². The van der Waals surface area contributed by atoms with Gasteiger partial charge in [0.2, 0.25) is 5.91 Å². The number of carbonyl (C=O) groups is 3. The van der Waals surface area contributed by atoms with Crippen molar-refractivity contribution in [3.63, 3.8) is 0 Å². The van der Waals surface area contributed by atoms with E-state index in [9.17, 15) is 14.4 Å². The minimum absolute atomic E-state index is 0.360. The Kier molecular flexibility index (Phi) is 7.16. The van der Waals surface area contributed by atoms with Crippen LogP contribution in [0.2, 0.25) is 0 Å². The van der Waals surface area contributed by atoms with Crippen LogP contribution in [0.4, 0.5) is 5.69 Å². The van der Waals surface area contributed by atoms with Crippen molar-refractivity contribution >= 4 is 34.7 Å². The second-order valence-electron chi connectivity index (χ2n) is 5.50. The molecule has 26 heavy (non-hydrogen) atoms. The normalized spacial score (nSPS) is 11.3. The van der Waals surface area contributed by atoms with E-state index >= 15 is 0 Å². The molecular formula is C18H21N3O4S. The minimum Gasteiger partial charge on any atom is -0.497 e. The van der Waals surface area contributed by atoms with Crippen molar-refractivity contribution in [3.05, 3.63) is 46.7 Å². The van der Waals surface area contributed by atoms with Crippen LogP contribution in [0.1, 0.15) is 11.8 Å². The van der Waals surface area contributed by atoms with Gasteiger partial charge in [0.05, 0.1) is 7.11 Å². The molecule has 1 atom stereocenters. The molecule has 2 aromatic rings. The summed E-state index contributed by atoms with van der Waals surface area (Å²) in [6, 6.07) is 9.82. The SMILES string of the molecule is COc1ccc(NC(=O)C(C)NC(=O)C(=O)NCCc2cccs2)cc1. The molecule has 0 spiro atoms. The average molecular weight is 375 g/mol. The molecule has 2 rings (SSSR count). The summed E-state index contributed by atoms with van der Waals surface area (Å²) in [5.74, 6) is -1.35. The number of methoxy groups -OCH3 is 1. The number of amides is 3. The van der Waals surface area contributed by atoms with Crippen LogP contribution >= 0.6 is 11.3 Å². The topological polar surface area (TPSA) is 96.5 Å². The standard InChI is InChI=1S/C18H21N3O4S/c1-12(16(22)21-13-5-7-14(25-2)8-6-13)20-18(24)17(23)19-10-9-15-4-3-11-26-15/h3-8,11-12H,9-10H2,1-2H3,(H,19,23)(H,20,24)(H,21,22). The van der Waals surface area contributed by atoms with Crippen molar-refractivity contribution in [1.29, 1.82) is 0 Å². The predicted molar refractivity (Wildman–Crippen MR) is 100 cm³/mol. The van der Waals surface area contributed by atoms with Gasteiger partial charge in [0.25, 0.3) is 0 Å². The van der Waals surface area contributed by atoms with Crippen molar-refractivity contribution < 1.29 is 19.1 Å². The first-order valence-corrected chi connectivity index (χ1v) is 8.93. The Labute approximate surface area is 155 Å². The second kappa shape index (κ2) is 9.57. The molecule has 0 aliphatic carbocycles. The molecule has 7 nitrogen and oxygen atoms in total. The van der Waals surface area contributed by atoms with Gasteiger partial charge in [-0.1, -0.05) is 6.07 Å². The van der Waals surface area contributed by atoms with E-state index in [1.54, 1.807) is 42.7 Å². The number of benzene rings is 1. The van der Waals surface area contributed by atoms with Gasteiger partial charge in [-0.3, -0.25) is 14.4 Å². The summed E-state index contributed by atoms with van der Waals surface area (Å²) in [6.45, 7) is 1.87. The lowest BCUT2D eigenvalue weighted by molar-refractivity contribution is -0.140. The quantitative estimate of drug-likeness (QED) is 0.640. The monoisotopic (exact) mass is 375 g/mol. The molecular weight excluding hydrogens is 354 g/mol. The number of hydrogen-bond donors (Lipinski definition) is 3. The first-order valence-electron chi connectivity index (χ1n) is 8.05. The van der Waals surface area contributed by atoms with Crippen molar-refractivity contribution in [1.82, 2.24) is 10.6 Å². The molecule has 0 saturated carbocycles. The molecule has 1 heterocycles. The molecule has 1 aromatic carbocycles. The van der Waals surface area contributed by atoms with Gasteiger partial charge in [-0.25, -0.2) is 0 Å². The lowest BCUT2D eigenvalue weighted by Crippen LogP contribution is -2.48. The van der Waals surface area contributed by atoms with Gasteiger partial charge in [0.1, 0.15) is 11.8 Å². The fraction of sp³-hybridized carbons (Fsp3) is 0.278. The van der Waals surface area contributed by atoms with Crippen LogP contribution in [0.5, 0.6) is 5.75 Å². The summed E-state index contributed by atoms with van der Waals surface area (Å²) >= 11 is 1.59. The molecule has 0 bridgehead atoms. The Morgan fingerprint density at radius 3 is 2.46 bits per heavy atom. The molecule has 138 valence electrons. The lowest BCUT2D eigenvalue weighted by atomic mass is 10.2. The van der Waals surface area contributed by atoms with Crippen LogP contribution in [0.15, 0.2) is 41.8 Å². The van der Waals surface area contributed by atoms with Gasteiger partial charge in [0.15, 0.2) is 0 Å². The van der Waals surface area contributed by atoms with Crippen molar-refractivity contribution in [3.8, 4) is 5.75 Å². The number of anilines is 1. The zero-order valence-corrected chi connectivity index (χ0v) is 15.4. The van der Waals surface area contributed by atoms with Gasteiger partial charge in [-0.2, -0.15) is 0 Å². The Balaban J connectivity index is 1.75. The summed E-state index contributed by atoms with van der Waals surface area (Å²) < 4.78 is 5.04. The highest BCUT2D eigenvalue weighted by Gasteiger charge is 2.20. The van der Waals surface area contributed by atoms with E-state index in [4.69, 9.17) is 4.74 Å². The maximum absolute atomic E-state index is 12.1. The highest BCUT2D eigenvalue weighted by Crippen LogP contribution is 2.15. The fourth-order valence-electron chi connectivity index (χ4n) is 2.09. The molecule has 8 heteroatoms. The summed E-state index contributed by atoms with van der Waals surface area (Å²) in [7, 11) is 1.55. The van der Waals surface area contributed by atoms with Gasteiger partial charge in [0, 0.05) is 17.1 Å². The van der Waals surface area contributed by atoms with Crippen LogP contribution < -0.4 is 20.7 Å². The maximum Gasteiger partial charge on any atom is 0.309 e. The van der Waals surface area contributed by atoms with Crippen LogP contribution in [0.3, 0.4) is 0 Å². The van der Waals surface area contributed by atoms with Crippen molar-refractivity contribution in [2.24, 2.45) is 0 Å². The smallest absolute Gasteiger partial charge is 0.309 e. The number of ether oxygens (including phenoxy) is 1. The zero-order valence-electron chi connectivity index (χ0n) is 14.6. The van der Waals surface area contributed by atoms with Crippen LogP contribution in [0.25, 0.3) is 0 Å². The number of rotatable bonds is 7. The molecule has 0 aliphatic rings. The minimum atomic E-state index is -0.854. The first kappa shape index (κ1) is 19.5. The third-order valence-corrected chi connectivity index (χ3v) is 4.48. The van der Waals surface area contributed by atoms with E-state index in [0.717, 1.165) is 4.88 Å². The van der Waals surface area contributed by atoms with Crippen LogP contribution in [0, 0.1) is 0 Å². The highest BCUT2D eigenvalue weighted by molar-refractivity contribution is 7.09. The lowest BCUT2D eigenvalue weighted by Gasteiger charge is -2.14. The summed E-state index contributed by atoms with van der Waals surface area (Å²) in [5.41, 5.74) is 0.567. The van der Waals surface area contributed by atoms with E-state index in [1.807, 2.05) is 17.5 Å². The third-order valence-electron chi connectivity index (χ3n) is 3.54. The average Bonchev–Trinajstić information content (AvgIpc) is 3.15. The number of carbonyl (C=O) groups excluding carboxylic acids is 3. The maximum atomic E-state index is 12.1. The van der Waals surface area contributed by atoms with E-state index in [2.05, 4.69) is 16.0 Å². The van der Waals surface area contributed by atoms with Crippen LogP contribution in [-0.4, -0.2) is 37.4 Å². The van der Waals surface area contributed by atoms with Gasteiger partial charge >= 0.3 is 11.8 Å². The summed E-state index contributed by atoms with van der Waals surface area (Å²) in [4.78, 5) is 36.9. The Morgan fingerprint density at radius 1 is 1.12 bits per heavy atom. The van der Waals surface area contributed by atoms with Crippen molar-refractivity contribution in [2.45, 2.75) is 19.4 Å². The molecule has 0 aliphatic heterocycles.